The minimum Gasteiger partial charge on any atom is -0.497 e. The van der Waals surface area contributed by atoms with Crippen molar-refractivity contribution in [3.8, 4) is 5.75 Å². The first-order chi connectivity index (χ1) is 23.6. The fraction of sp³-hybridized carbons (Fsp3) is 0.306. The van der Waals surface area contributed by atoms with Crippen LogP contribution in [0.1, 0.15) is 29.7 Å². The minimum atomic E-state index is -1.09. The molecule has 4 amide bonds. The fourth-order valence-electron chi connectivity index (χ4n) is 6.13. The summed E-state index contributed by atoms with van der Waals surface area (Å²) < 4.78 is 5.23. The minimum absolute atomic E-state index is 0.0951. The summed E-state index contributed by atoms with van der Waals surface area (Å²) in [5.74, 6) is -1.79. The van der Waals surface area contributed by atoms with Gasteiger partial charge in [-0.2, -0.15) is 0 Å². The molecule has 9 N–H and O–H groups in total. The molecule has 1 aliphatic rings. The van der Waals surface area contributed by atoms with Crippen molar-refractivity contribution in [2.45, 2.75) is 56.3 Å². The summed E-state index contributed by atoms with van der Waals surface area (Å²) in [4.78, 5) is 63.1. The molecule has 2 heterocycles. The lowest BCUT2D eigenvalue weighted by Gasteiger charge is -2.29. The summed E-state index contributed by atoms with van der Waals surface area (Å²) in [5, 5.41) is 6.56. The molecule has 256 valence electrons. The number of hydrogen-bond donors (Lipinski definition) is 6. The highest BCUT2D eigenvalue weighted by molar-refractivity contribution is 5.96. The molecule has 1 aliphatic heterocycles. The van der Waals surface area contributed by atoms with Crippen LogP contribution in [0.3, 0.4) is 0 Å². The van der Waals surface area contributed by atoms with Crippen LogP contribution in [0.4, 0.5) is 0 Å². The van der Waals surface area contributed by atoms with E-state index in [1.54, 1.807) is 19.2 Å². The van der Waals surface area contributed by atoms with Gasteiger partial charge in [-0.1, -0.05) is 60.7 Å². The van der Waals surface area contributed by atoms with E-state index in [1.165, 1.54) is 4.90 Å². The zero-order valence-electron chi connectivity index (χ0n) is 27.3. The van der Waals surface area contributed by atoms with Gasteiger partial charge in [0.15, 0.2) is 5.96 Å². The van der Waals surface area contributed by atoms with Crippen LogP contribution < -0.4 is 32.6 Å². The molecule has 1 aromatic heterocycles. The standard InChI is InChI=1S/C36H42N8O5/c1-49-26-15-13-23(14-16-26)19-30(43-36(38)39)35(48)44-17-7-12-31(44)34(47)42-29(21-25-20-24-10-5-6-11-27(24)40-25)33(46)41-28(32(37)45)18-22-8-3-2-4-9-22/h2-6,8-11,13-16,20,28-31,40H,7,12,17-19,21H2,1H3,(H2,37,45)(H,41,46)(H,42,47)(H4,38,39,43)/t28-,29-,30-,31?/m0/s1. The number of fused-ring (bicyclic) bond motifs is 1. The van der Waals surface area contributed by atoms with E-state index in [2.05, 4.69) is 20.6 Å². The predicted molar refractivity (Wildman–Crippen MR) is 186 cm³/mol. The summed E-state index contributed by atoms with van der Waals surface area (Å²) in [5.41, 5.74) is 20.3. The molecule has 13 nitrogen and oxygen atoms in total. The molecular weight excluding hydrogens is 624 g/mol. The summed E-state index contributed by atoms with van der Waals surface area (Å²) >= 11 is 0. The van der Waals surface area contributed by atoms with Crippen LogP contribution in [-0.2, 0) is 38.4 Å². The number of rotatable bonds is 14. The number of aliphatic imine (C=N–C) groups is 1. The Labute approximate surface area is 284 Å². The first-order valence-electron chi connectivity index (χ1n) is 16.1. The maximum absolute atomic E-state index is 13.9. The highest BCUT2D eigenvalue weighted by Crippen LogP contribution is 2.23. The Morgan fingerprint density at radius 1 is 0.878 bits per heavy atom. The number of guanidine groups is 1. The Morgan fingerprint density at radius 3 is 2.24 bits per heavy atom. The molecule has 4 atom stereocenters. The average Bonchev–Trinajstić information content (AvgIpc) is 3.75. The number of benzene rings is 3. The normalized spacial score (nSPS) is 15.9. The van der Waals surface area contributed by atoms with E-state index >= 15 is 0 Å². The van der Waals surface area contributed by atoms with E-state index in [9.17, 15) is 19.2 Å². The van der Waals surface area contributed by atoms with Crippen molar-refractivity contribution >= 4 is 40.5 Å². The van der Waals surface area contributed by atoms with Gasteiger partial charge in [0, 0.05) is 37.0 Å². The summed E-state index contributed by atoms with van der Waals surface area (Å²) in [6.45, 7) is 0.315. The van der Waals surface area contributed by atoms with Crippen LogP contribution in [0, 0.1) is 0 Å². The maximum atomic E-state index is 13.9. The van der Waals surface area contributed by atoms with Crippen LogP contribution in [0.5, 0.6) is 5.75 Å². The van der Waals surface area contributed by atoms with E-state index in [1.807, 2.05) is 72.8 Å². The lowest BCUT2D eigenvalue weighted by Crippen LogP contribution is -2.57. The molecule has 0 spiro atoms. The van der Waals surface area contributed by atoms with E-state index in [-0.39, 0.29) is 25.2 Å². The number of aromatic amines is 1. The molecule has 49 heavy (non-hydrogen) atoms. The van der Waals surface area contributed by atoms with Crippen molar-refractivity contribution in [2.75, 3.05) is 13.7 Å². The van der Waals surface area contributed by atoms with Crippen LogP contribution in [0.15, 0.2) is 89.9 Å². The number of nitrogens with one attached hydrogen (secondary N) is 3. The summed E-state index contributed by atoms with van der Waals surface area (Å²) in [6.07, 6.45) is 1.43. The number of methoxy groups -OCH3 is 1. The lowest BCUT2D eigenvalue weighted by molar-refractivity contribution is -0.140. The van der Waals surface area contributed by atoms with Gasteiger partial charge in [0.1, 0.15) is 29.9 Å². The van der Waals surface area contributed by atoms with Gasteiger partial charge in [-0.3, -0.25) is 19.2 Å². The number of carbonyl (C=O) groups excluding carboxylic acids is 4. The van der Waals surface area contributed by atoms with Crippen LogP contribution in [0.2, 0.25) is 0 Å². The largest absolute Gasteiger partial charge is 0.497 e. The van der Waals surface area contributed by atoms with E-state index in [4.69, 9.17) is 21.9 Å². The van der Waals surface area contributed by atoms with Crippen molar-refractivity contribution in [2.24, 2.45) is 22.2 Å². The number of aromatic nitrogens is 1. The number of carbonyl (C=O) groups is 4. The van der Waals surface area contributed by atoms with Gasteiger partial charge >= 0.3 is 0 Å². The predicted octanol–water partition coefficient (Wildman–Crippen LogP) is 1.29. The monoisotopic (exact) mass is 666 g/mol. The molecule has 0 aliphatic carbocycles. The topological polar surface area (TPSA) is 211 Å². The number of amides is 4. The third-order valence-corrected chi connectivity index (χ3v) is 8.60. The highest BCUT2D eigenvalue weighted by atomic mass is 16.5. The molecule has 3 aromatic carbocycles. The number of likely N-dealkylation sites (tertiary alicyclic amines) is 1. The SMILES string of the molecule is COc1ccc(C[C@H](N=C(N)N)C(=O)N2CCCC2C(=O)N[C@@H](Cc2cc3ccccc3[nH]2)C(=O)N[C@@H](Cc2ccccc2)C(N)=O)cc1. The number of nitrogens with zero attached hydrogens (tertiary/aromatic N) is 2. The Bertz CT molecular complexity index is 1770. The van der Waals surface area contributed by atoms with Crippen molar-refractivity contribution < 1.29 is 23.9 Å². The van der Waals surface area contributed by atoms with Gasteiger partial charge in [-0.05, 0) is 53.6 Å². The Hall–Kier alpha value is -5.85. The molecule has 1 unspecified atom stereocenters. The molecule has 4 aromatic rings. The van der Waals surface area contributed by atoms with E-state index in [0.29, 0.717) is 30.8 Å². The molecule has 0 bridgehead atoms. The van der Waals surface area contributed by atoms with Gasteiger partial charge in [-0.15, -0.1) is 0 Å². The summed E-state index contributed by atoms with van der Waals surface area (Å²) in [6, 6.07) is 22.0. The zero-order chi connectivity index (χ0) is 34.9. The van der Waals surface area contributed by atoms with E-state index in [0.717, 1.165) is 22.0 Å². The maximum Gasteiger partial charge on any atom is 0.248 e. The number of nitrogens with two attached hydrogens (primary N) is 3. The number of ether oxygens (including phenoxy) is 1. The molecule has 1 saturated heterocycles. The first-order valence-corrected chi connectivity index (χ1v) is 16.1. The number of hydrogen-bond acceptors (Lipinski definition) is 6. The Balaban J connectivity index is 1.35. The molecule has 13 heteroatoms. The van der Waals surface area contributed by atoms with Crippen molar-refractivity contribution in [1.29, 1.82) is 0 Å². The summed E-state index contributed by atoms with van der Waals surface area (Å²) in [7, 11) is 1.56. The van der Waals surface area contributed by atoms with Gasteiger partial charge in [0.2, 0.25) is 23.6 Å². The van der Waals surface area contributed by atoms with Crippen LogP contribution in [-0.4, -0.2) is 77.3 Å². The van der Waals surface area contributed by atoms with Crippen molar-refractivity contribution in [3.05, 3.63) is 102 Å². The second kappa shape index (κ2) is 15.8. The van der Waals surface area contributed by atoms with Gasteiger partial charge in [0.25, 0.3) is 0 Å². The lowest BCUT2D eigenvalue weighted by atomic mass is 10.0. The number of primary amides is 1. The van der Waals surface area contributed by atoms with Gasteiger partial charge in [0.05, 0.1) is 7.11 Å². The van der Waals surface area contributed by atoms with Crippen molar-refractivity contribution in [1.82, 2.24) is 20.5 Å². The van der Waals surface area contributed by atoms with E-state index < -0.39 is 47.8 Å². The quantitative estimate of drug-likeness (QED) is 0.0857. The number of H-pyrrole nitrogens is 1. The molecule has 1 fully saturated rings. The molecule has 5 rings (SSSR count). The smallest absolute Gasteiger partial charge is 0.248 e. The third-order valence-electron chi connectivity index (χ3n) is 8.60. The average molecular weight is 667 g/mol. The van der Waals surface area contributed by atoms with Gasteiger partial charge < -0.3 is 42.5 Å². The third kappa shape index (κ3) is 8.95. The molecular formula is C36H42N8O5. The fourth-order valence-corrected chi connectivity index (χ4v) is 6.13. The molecule has 0 radical (unpaired) electrons. The van der Waals surface area contributed by atoms with Gasteiger partial charge in [-0.25, -0.2) is 4.99 Å². The second-order valence-electron chi connectivity index (χ2n) is 12.1. The number of para-hydroxylation sites is 1. The Morgan fingerprint density at radius 2 is 1.57 bits per heavy atom. The van der Waals surface area contributed by atoms with Crippen molar-refractivity contribution in [3.63, 3.8) is 0 Å². The highest BCUT2D eigenvalue weighted by Gasteiger charge is 2.39. The second-order valence-corrected chi connectivity index (χ2v) is 12.1. The first kappa shape index (κ1) is 34.5. The van der Waals surface area contributed by atoms with Crippen LogP contribution >= 0.6 is 0 Å². The van der Waals surface area contributed by atoms with Crippen LogP contribution in [0.25, 0.3) is 10.9 Å². The Kier molecular flexibility index (Phi) is 11.1. The molecule has 0 saturated carbocycles. The zero-order valence-corrected chi connectivity index (χ0v) is 27.3.